The van der Waals surface area contributed by atoms with Crippen molar-refractivity contribution in [1.29, 1.82) is 0 Å². The molecule has 0 spiro atoms. The molecule has 0 aromatic carbocycles. The minimum atomic E-state index is 0.118. The molecule has 0 aliphatic heterocycles. The summed E-state index contributed by atoms with van der Waals surface area (Å²) >= 11 is 0. The first-order valence-electron chi connectivity index (χ1n) is 6.05. The molecule has 0 saturated heterocycles. The SMILES string of the molecule is CCC(=C/CO)/C(=C\N)C1CCCCC1. The molecular weight excluding hydrogens is 186 g/mol. The molecule has 1 aliphatic carbocycles. The van der Waals surface area contributed by atoms with E-state index in [4.69, 9.17) is 10.8 Å². The maximum atomic E-state index is 8.97. The molecule has 3 N–H and O–H groups in total. The summed E-state index contributed by atoms with van der Waals surface area (Å²) in [6.07, 6.45) is 11.1. The van der Waals surface area contributed by atoms with Crippen LogP contribution >= 0.6 is 0 Å². The van der Waals surface area contributed by atoms with Gasteiger partial charge >= 0.3 is 0 Å². The molecule has 86 valence electrons. The van der Waals surface area contributed by atoms with Crippen LogP contribution in [0.3, 0.4) is 0 Å². The molecule has 0 bridgehead atoms. The monoisotopic (exact) mass is 209 g/mol. The molecule has 2 heteroatoms. The molecule has 1 fully saturated rings. The largest absolute Gasteiger partial charge is 0.404 e. The van der Waals surface area contributed by atoms with Crippen molar-refractivity contribution in [1.82, 2.24) is 0 Å². The van der Waals surface area contributed by atoms with Gasteiger partial charge in [0.15, 0.2) is 0 Å². The number of aliphatic hydroxyl groups is 1. The lowest BCUT2D eigenvalue weighted by atomic mass is 9.80. The summed E-state index contributed by atoms with van der Waals surface area (Å²) in [7, 11) is 0. The predicted octanol–water partition coefficient (Wildman–Crippen LogP) is 2.74. The van der Waals surface area contributed by atoms with Crippen LogP contribution in [0.1, 0.15) is 45.4 Å². The quantitative estimate of drug-likeness (QED) is 0.699. The second kappa shape index (κ2) is 6.67. The number of hydrogen-bond donors (Lipinski definition) is 2. The van der Waals surface area contributed by atoms with Crippen molar-refractivity contribution in [3.63, 3.8) is 0 Å². The third-order valence-corrected chi connectivity index (χ3v) is 3.31. The van der Waals surface area contributed by atoms with Crippen LogP contribution in [0.2, 0.25) is 0 Å². The fourth-order valence-electron chi connectivity index (χ4n) is 2.50. The Bertz CT molecular complexity index is 237. The molecule has 1 rings (SSSR count). The summed E-state index contributed by atoms with van der Waals surface area (Å²) in [4.78, 5) is 0. The minimum Gasteiger partial charge on any atom is -0.404 e. The molecule has 0 aromatic rings. The van der Waals surface area contributed by atoms with Gasteiger partial charge in [0, 0.05) is 0 Å². The summed E-state index contributed by atoms with van der Waals surface area (Å²) in [5.41, 5.74) is 8.22. The number of allylic oxidation sites excluding steroid dienone is 2. The molecule has 0 heterocycles. The molecule has 0 unspecified atom stereocenters. The first kappa shape index (κ1) is 12.3. The lowest BCUT2D eigenvalue weighted by Crippen LogP contribution is -2.12. The Kier molecular flexibility index (Phi) is 5.48. The van der Waals surface area contributed by atoms with Gasteiger partial charge in [0.1, 0.15) is 0 Å². The van der Waals surface area contributed by atoms with Gasteiger partial charge in [-0.2, -0.15) is 0 Å². The standard InChI is InChI=1S/C13H23NO/c1-2-11(8-9-15)13(10-14)12-6-4-3-5-7-12/h8,10,12,15H,2-7,9,14H2,1H3/b11-8-,13-10+. The van der Waals surface area contributed by atoms with E-state index in [0.29, 0.717) is 5.92 Å². The van der Waals surface area contributed by atoms with Crippen molar-refractivity contribution in [3.05, 3.63) is 23.4 Å². The summed E-state index contributed by atoms with van der Waals surface area (Å²) in [5.74, 6) is 0.626. The number of hydrogen-bond acceptors (Lipinski definition) is 2. The maximum Gasteiger partial charge on any atom is 0.0618 e. The van der Waals surface area contributed by atoms with Crippen molar-refractivity contribution < 1.29 is 5.11 Å². The van der Waals surface area contributed by atoms with E-state index in [2.05, 4.69) is 6.92 Å². The lowest BCUT2D eigenvalue weighted by Gasteiger charge is -2.25. The fraction of sp³-hybridized carbons (Fsp3) is 0.692. The summed E-state index contributed by atoms with van der Waals surface area (Å²) in [6, 6.07) is 0. The van der Waals surface area contributed by atoms with E-state index < -0.39 is 0 Å². The molecule has 0 amide bonds. The van der Waals surface area contributed by atoms with E-state index in [9.17, 15) is 0 Å². The van der Waals surface area contributed by atoms with E-state index in [1.807, 2.05) is 6.08 Å². The lowest BCUT2D eigenvalue weighted by molar-refractivity contribution is 0.341. The Hall–Kier alpha value is -0.760. The number of aliphatic hydroxyl groups excluding tert-OH is 1. The third kappa shape index (κ3) is 3.38. The van der Waals surface area contributed by atoms with Crippen LogP contribution in [-0.4, -0.2) is 11.7 Å². The zero-order chi connectivity index (χ0) is 11.1. The van der Waals surface area contributed by atoms with E-state index in [1.54, 1.807) is 6.20 Å². The van der Waals surface area contributed by atoms with Crippen LogP contribution in [0.5, 0.6) is 0 Å². The van der Waals surface area contributed by atoms with Crippen molar-refractivity contribution in [2.75, 3.05) is 6.61 Å². The van der Waals surface area contributed by atoms with Crippen molar-refractivity contribution >= 4 is 0 Å². The minimum absolute atomic E-state index is 0.118. The molecule has 0 radical (unpaired) electrons. The van der Waals surface area contributed by atoms with Crippen LogP contribution in [0.15, 0.2) is 23.4 Å². The van der Waals surface area contributed by atoms with Gasteiger partial charge in [-0.25, -0.2) is 0 Å². The highest BCUT2D eigenvalue weighted by molar-refractivity contribution is 5.32. The summed E-state index contributed by atoms with van der Waals surface area (Å²) in [6.45, 7) is 2.24. The highest BCUT2D eigenvalue weighted by Gasteiger charge is 2.19. The number of nitrogens with two attached hydrogens (primary N) is 1. The fourth-order valence-corrected chi connectivity index (χ4v) is 2.50. The average molecular weight is 209 g/mol. The van der Waals surface area contributed by atoms with Crippen molar-refractivity contribution in [2.24, 2.45) is 11.7 Å². The zero-order valence-corrected chi connectivity index (χ0v) is 9.71. The van der Waals surface area contributed by atoms with E-state index >= 15 is 0 Å². The highest BCUT2D eigenvalue weighted by Crippen LogP contribution is 2.33. The van der Waals surface area contributed by atoms with Crippen LogP contribution in [0.4, 0.5) is 0 Å². The Morgan fingerprint density at radius 3 is 2.47 bits per heavy atom. The summed E-state index contributed by atoms with van der Waals surface area (Å²) < 4.78 is 0. The van der Waals surface area contributed by atoms with Gasteiger partial charge in [0.2, 0.25) is 0 Å². The average Bonchev–Trinajstić information content (AvgIpc) is 2.30. The summed E-state index contributed by atoms with van der Waals surface area (Å²) in [5, 5.41) is 8.97. The maximum absolute atomic E-state index is 8.97. The Labute approximate surface area is 92.9 Å². The van der Waals surface area contributed by atoms with Crippen molar-refractivity contribution in [3.8, 4) is 0 Å². The van der Waals surface area contributed by atoms with Gasteiger partial charge in [-0.1, -0.05) is 32.3 Å². The zero-order valence-electron chi connectivity index (χ0n) is 9.71. The van der Waals surface area contributed by atoms with Crippen molar-refractivity contribution in [2.45, 2.75) is 45.4 Å². The van der Waals surface area contributed by atoms with Gasteiger partial charge in [0.25, 0.3) is 0 Å². The van der Waals surface area contributed by atoms with Gasteiger partial charge in [0.05, 0.1) is 6.61 Å². The van der Waals surface area contributed by atoms with Crippen LogP contribution < -0.4 is 5.73 Å². The smallest absolute Gasteiger partial charge is 0.0618 e. The normalized spacial score (nSPS) is 20.7. The van der Waals surface area contributed by atoms with E-state index in [-0.39, 0.29) is 6.61 Å². The second-order valence-corrected chi connectivity index (χ2v) is 4.22. The topological polar surface area (TPSA) is 46.2 Å². The van der Waals surface area contributed by atoms with E-state index in [1.165, 1.54) is 43.3 Å². The van der Waals surface area contributed by atoms with Crippen LogP contribution in [-0.2, 0) is 0 Å². The van der Waals surface area contributed by atoms with Crippen LogP contribution in [0.25, 0.3) is 0 Å². The molecule has 2 nitrogen and oxygen atoms in total. The first-order chi connectivity index (χ1) is 7.33. The third-order valence-electron chi connectivity index (χ3n) is 3.31. The molecule has 15 heavy (non-hydrogen) atoms. The Morgan fingerprint density at radius 1 is 1.33 bits per heavy atom. The Balaban J connectivity index is 2.72. The van der Waals surface area contributed by atoms with Crippen LogP contribution in [0, 0.1) is 5.92 Å². The first-order valence-corrected chi connectivity index (χ1v) is 6.05. The van der Waals surface area contributed by atoms with Gasteiger partial charge in [-0.05, 0) is 42.5 Å². The van der Waals surface area contributed by atoms with Gasteiger partial charge in [-0.3, -0.25) is 0 Å². The van der Waals surface area contributed by atoms with Gasteiger partial charge in [-0.15, -0.1) is 0 Å². The van der Waals surface area contributed by atoms with E-state index in [0.717, 1.165) is 6.42 Å². The molecule has 0 atom stereocenters. The Morgan fingerprint density at radius 2 is 2.00 bits per heavy atom. The molecule has 0 aromatic heterocycles. The molecule has 1 aliphatic rings. The predicted molar refractivity (Wildman–Crippen MR) is 64.3 cm³/mol. The number of rotatable bonds is 4. The van der Waals surface area contributed by atoms with Gasteiger partial charge < -0.3 is 10.8 Å². The molecular formula is C13H23NO. The molecule has 1 saturated carbocycles. The second-order valence-electron chi connectivity index (χ2n) is 4.22. The highest BCUT2D eigenvalue weighted by atomic mass is 16.2.